The fraction of sp³-hybridized carbons (Fsp3) is 0.533. The van der Waals surface area contributed by atoms with Crippen molar-refractivity contribution < 1.29 is 0 Å². The van der Waals surface area contributed by atoms with Crippen LogP contribution in [0.25, 0.3) is 5.65 Å². The Hall–Kier alpha value is -1.82. The standard InChI is InChI=1S/C15H21ClN6/c1-11-3-2-6-21(9-11)15(17)18-5-4-12-7-19-14-13(16)8-20-22(14)10-12/h7-8,10-11H,2-6,9H2,1H3,(H2,17,18). The summed E-state index contributed by atoms with van der Waals surface area (Å²) in [7, 11) is 0. The van der Waals surface area contributed by atoms with Crippen molar-refractivity contribution in [2.24, 2.45) is 16.6 Å². The van der Waals surface area contributed by atoms with Crippen molar-refractivity contribution in [2.75, 3.05) is 19.6 Å². The van der Waals surface area contributed by atoms with E-state index in [0.29, 0.717) is 29.1 Å². The number of piperidine rings is 1. The fourth-order valence-corrected chi connectivity index (χ4v) is 2.99. The highest BCUT2D eigenvalue weighted by Gasteiger charge is 2.17. The van der Waals surface area contributed by atoms with Gasteiger partial charge in [0, 0.05) is 32.0 Å². The van der Waals surface area contributed by atoms with Gasteiger partial charge < -0.3 is 10.6 Å². The average Bonchev–Trinajstić information content (AvgIpc) is 2.88. The number of nitrogens with zero attached hydrogens (tertiary/aromatic N) is 5. The Kier molecular flexibility index (Phi) is 4.47. The molecule has 1 aliphatic heterocycles. The molecule has 2 N–H and O–H groups in total. The molecule has 0 aliphatic carbocycles. The maximum atomic E-state index is 6.09. The number of hydrogen-bond acceptors (Lipinski definition) is 3. The quantitative estimate of drug-likeness (QED) is 0.693. The summed E-state index contributed by atoms with van der Waals surface area (Å²) in [5.74, 6) is 1.35. The normalized spacial score (nSPS) is 19.8. The van der Waals surface area contributed by atoms with E-state index in [-0.39, 0.29) is 0 Å². The van der Waals surface area contributed by atoms with Crippen molar-refractivity contribution in [1.29, 1.82) is 0 Å². The molecule has 0 radical (unpaired) electrons. The molecule has 1 atom stereocenters. The smallest absolute Gasteiger partial charge is 0.191 e. The second-order valence-corrected chi connectivity index (χ2v) is 6.31. The molecule has 3 heterocycles. The lowest BCUT2D eigenvalue weighted by Crippen LogP contribution is -2.43. The number of likely N-dealkylation sites (tertiary alicyclic amines) is 1. The molecule has 6 nitrogen and oxygen atoms in total. The van der Waals surface area contributed by atoms with Gasteiger partial charge in [-0.05, 0) is 30.7 Å². The van der Waals surface area contributed by atoms with Crippen molar-refractivity contribution in [3.8, 4) is 0 Å². The van der Waals surface area contributed by atoms with Crippen LogP contribution in [0.2, 0.25) is 5.02 Å². The summed E-state index contributed by atoms with van der Waals surface area (Å²) in [5.41, 5.74) is 7.84. The van der Waals surface area contributed by atoms with Crippen molar-refractivity contribution in [3.05, 3.63) is 29.2 Å². The Balaban J connectivity index is 1.59. The van der Waals surface area contributed by atoms with Crippen LogP contribution in [-0.2, 0) is 6.42 Å². The second kappa shape index (κ2) is 6.52. The van der Waals surface area contributed by atoms with Gasteiger partial charge in [-0.2, -0.15) is 5.10 Å². The first-order valence-corrected chi connectivity index (χ1v) is 8.04. The highest BCUT2D eigenvalue weighted by atomic mass is 35.5. The molecular formula is C15H21ClN6. The topological polar surface area (TPSA) is 71.8 Å². The molecular weight excluding hydrogens is 300 g/mol. The van der Waals surface area contributed by atoms with Crippen LogP contribution in [0.1, 0.15) is 25.3 Å². The first-order chi connectivity index (χ1) is 10.6. The van der Waals surface area contributed by atoms with Crippen LogP contribution in [0.3, 0.4) is 0 Å². The SMILES string of the molecule is CC1CCCN(C(N)=NCCc2cnc3c(Cl)cnn3c2)C1. The molecule has 22 heavy (non-hydrogen) atoms. The van der Waals surface area contributed by atoms with E-state index in [0.717, 1.165) is 25.1 Å². The minimum absolute atomic E-state index is 0.563. The molecule has 3 rings (SSSR count). The van der Waals surface area contributed by atoms with Gasteiger partial charge in [-0.15, -0.1) is 0 Å². The number of hydrogen-bond donors (Lipinski definition) is 1. The zero-order valence-corrected chi connectivity index (χ0v) is 13.5. The van der Waals surface area contributed by atoms with Crippen LogP contribution in [-0.4, -0.2) is 45.1 Å². The van der Waals surface area contributed by atoms with Gasteiger partial charge in [0.1, 0.15) is 5.02 Å². The van der Waals surface area contributed by atoms with Crippen LogP contribution >= 0.6 is 11.6 Å². The monoisotopic (exact) mass is 320 g/mol. The van der Waals surface area contributed by atoms with Crippen LogP contribution < -0.4 is 5.73 Å². The molecule has 118 valence electrons. The van der Waals surface area contributed by atoms with E-state index in [1.807, 2.05) is 12.4 Å². The number of guanidine groups is 1. The molecule has 7 heteroatoms. The highest BCUT2D eigenvalue weighted by Crippen LogP contribution is 2.15. The van der Waals surface area contributed by atoms with E-state index in [1.165, 1.54) is 12.8 Å². The lowest BCUT2D eigenvalue weighted by Gasteiger charge is -2.31. The van der Waals surface area contributed by atoms with E-state index in [9.17, 15) is 0 Å². The van der Waals surface area contributed by atoms with E-state index < -0.39 is 0 Å². The Labute approximate surface area is 135 Å². The highest BCUT2D eigenvalue weighted by molar-refractivity contribution is 6.33. The Morgan fingerprint density at radius 1 is 1.50 bits per heavy atom. The predicted molar refractivity (Wildman–Crippen MR) is 88.2 cm³/mol. The largest absolute Gasteiger partial charge is 0.370 e. The van der Waals surface area contributed by atoms with Gasteiger partial charge in [0.25, 0.3) is 0 Å². The number of aliphatic imine (C=N–C) groups is 1. The molecule has 1 aliphatic rings. The van der Waals surface area contributed by atoms with Gasteiger partial charge in [0.15, 0.2) is 11.6 Å². The van der Waals surface area contributed by atoms with Gasteiger partial charge in [-0.1, -0.05) is 18.5 Å². The third-order valence-electron chi connectivity index (χ3n) is 4.02. The summed E-state index contributed by atoms with van der Waals surface area (Å²) >= 11 is 5.98. The zero-order valence-electron chi connectivity index (χ0n) is 12.7. The van der Waals surface area contributed by atoms with Crippen LogP contribution in [0, 0.1) is 5.92 Å². The second-order valence-electron chi connectivity index (χ2n) is 5.91. The lowest BCUT2D eigenvalue weighted by atomic mass is 10.0. The van der Waals surface area contributed by atoms with Gasteiger partial charge in [-0.25, -0.2) is 9.50 Å². The molecule has 1 unspecified atom stereocenters. The van der Waals surface area contributed by atoms with E-state index in [2.05, 4.69) is 26.9 Å². The molecule has 2 aromatic rings. The van der Waals surface area contributed by atoms with Crippen molar-refractivity contribution in [2.45, 2.75) is 26.2 Å². The van der Waals surface area contributed by atoms with Gasteiger partial charge >= 0.3 is 0 Å². The molecule has 1 fully saturated rings. The molecule has 2 aromatic heterocycles. The first-order valence-electron chi connectivity index (χ1n) is 7.66. The fourth-order valence-electron chi connectivity index (χ4n) is 2.81. The lowest BCUT2D eigenvalue weighted by molar-refractivity contribution is 0.270. The molecule has 0 aromatic carbocycles. The van der Waals surface area contributed by atoms with Gasteiger partial charge in [0.2, 0.25) is 0 Å². The molecule has 1 saturated heterocycles. The van der Waals surface area contributed by atoms with Crippen molar-refractivity contribution in [1.82, 2.24) is 19.5 Å². The Bertz CT molecular complexity index is 680. The molecule has 0 bridgehead atoms. The number of fused-ring (bicyclic) bond motifs is 1. The van der Waals surface area contributed by atoms with Crippen LogP contribution in [0.5, 0.6) is 0 Å². The van der Waals surface area contributed by atoms with Gasteiger partial charge in [0.05, 0.1) is 6.20 Å². The van der Waals surface area contributed by atoms with Crippen molar-refractivity contribution >= 4 is 23.2 Å². The number of halogens is 1. The third-order valence-corrected chi connectivity index (χ3v) is 4.29. The summed E-state index contributed by atoms with van der Waals surface area (Å²) in [6.45, 7) is 4.93. The summed E-state index contributed by atoms with van der Waals surface area (Å²) in [4.78, 5) is 11.0. The number of rotatable bonds is 3. The summed E-state index contributed by atoms with van der Waals surface area (Å²) < 4.78 is 1.69. The summed E-state index contributed by atoms with van der Waals surface area (Å²) in [5, 5.41) is 4.72. The summed E-state index contributed by atoms with van der Waals surface area (Å²) in [6, 6.07) is 0. The third kappa shape index (κ3) is 3.32. The van der Waals surface area contributed by atoms with Crippen LogP contribution in [0.15, 0.2) is 23.6 Å². The average molecular weight is 321 g/mol. The number of aromatic nitrogens is 3. The Morgan fingerprint density at radius 3 is 3.18 bits per heavy atom. The number of nitrogens with two attached hydrogens (primary N) is 1. The van der Waals surface area contributed by atoms with E-state index in [4.69, 9.17) is 17.3 Å². The zero-order chi connectivity index (χ0) is 15.5. The maximum Gasteiger partial charge on any atom is 0.191 e. The minimum atomic E-state index is 0.563. The molecule has 0 saturated carbocycles. The predicted octanol–water partition coefficient (Wildman–Crippen LogP) is 1.97. The molecule has 0 amide bonds. The summed E-state index contributed by atoms with van der Waals surface area (Å²) in [6.07, 6.45) is 8.60. The van der Waals surface area contributed by atoms with Crippen LogP contribution in [0.4, 0.5) is 0 Å². The van der Waals surface area contributed by atoms with E-state index in [1.54, 1.807) is 10.7 Å². The maximum absolute atomic E-state index is 6.09. The Morgan fingerprint density at radius 2 is 2.36 bits per heavy atom. The minimum Gasteiger partial charge on any atom is -0.370 e. The van der Waals surface area contributed by atoms with Crippen molar-refractivity contribution in [3.63, 3.8) is 0 Å². The molecule has 0 spiro atoms. The first kappa shape index (κ1) is 15.1. The van der Waals surface area contributed by atoms with Gasteiger partial charge in [-0.3, -0.25) is 4.99 Å². The van der Waals surface area contributed by atoms with E-state index >= 15 is 0 Å².